The minimum absolute atomic E-state index is 0.0941. The number of carbonyl (C=O) groups is 1. The fourth-order valence-corrected chi connectivity index (χ4v) is 4.19. The van der Waals surface area contributed by atoms with E-state index in [2.05, 4.69) is 0 Å². The molecule has 112 valence electrons. The molecule has 7 heteroatoms. The summed E-state index contributed by atoms with van der Waals surface area (Å²) in [5.74, 6) is -0.258. The van der Waals surface area contributed by atoms with Gasteiger partial charge in [-0.3, -0.25) is 4.79 Å². The summed E-state index contributed by atoms with van der Waals surface area (Å²) in [5, 5.41) is 0. The van der Waals surface area contributed by atoms with Gasteiger partial charge < -0.3 is 22.8 Å². The van der Waals surface area contributed by atoms with Crippen molar-refractivity contribution in [3.63, 3.8) is 0 Å². The van der Waals surface area contributed by atoms with E-state index in [9.17, 15) is 4.79 Å². The van der Waals surface area contributed by atoms with Crippen molar-refractivity contribution < 1.29 is 27.5 Å². The van der Waals surface area contributed by atoms with E-state index in [1.165, 1.54) is 0 Å². The Balaban J connectivity index is 2.37. The third-order valence-electron chi connectivity index (χ3n) is 2.56. The molecule has 1 rings (SSSR count). The van der Waals surface area contributed by atoms with Gasteiger partial charge in [-0.25, -0.2) is 0 Å². The van der Waals surface area contributed by atoms with Crippen LogP contribution in [-0.4, -0.2) is 53.9 Å². The number of hydrogen-bond donors (Lipinski definition) is 0. The number of carbonyl (C=O) groups excluding carboxylic acids is 1. The molecule has 6 nitrogen and oxygen atoms in total. The van der Waals surface area contributed by atoms with Crippen molar-refractivity contribution in [2.24, 2.45) is 0 Å². The summed E-state index contributed by atoms with van der Waals surface area (Å²) < 4.78 is 27.0. The average Bonchev–Trinajstić information content (AvgIpc) is 3.19. The summed E-state index contributed by atoms with van der Waals surface area (Å²) in [6, 6.07) is 0.451. The Hall–Kier alpha value is -0.473. The van der Waals surface area contributed by atoms with Crippen molar-refractivity contribution in [3.05, 3.63) is 0 Å². The van der Waals surface area contributed by atoms with Gasteiger partial charge in [0, 0.05) is 32.3 Å². The zero-order valence-corrected chi connectivity index (χ0v) is 13.0. The van der Waals surface area contributed by atoms with Crippen molar-refractivity contribution in [3.8, 4) is 0 Å². The molecule has 0 aromatic carbocycles. The largest absolute Gasteiger partial charge is 0.501 e. The number of ether oxygens (including phenoxy) is 2. The first-order valence-corrected chi connectivity index (χ1v) is 8.78. The Bertz CT molecular complexity index is 252. The lowest BCUT2D eigenvalue weighted by Gasteiger charge is -2.28. The molecular weight excluding hydrogens is 268 g/mol. The molecule has 1 atom stereocenters. The molecule has 0 bridgehead atoms. The molecule has 1 aliphatic heterocycles. The molecule has 0 spiro atoms. The van der Waals surface area contributed by atoms with Gasteiger partial charge in [0.05, 0.1) is 6.61 Å². The zero-order valence-electron chi connectivity index (χ0n) is 12.0. The quantitative estimate of drug-likeness (QED) is 0.325. The van der Waals surface area contributed by atoms with E-state index in [4.69, 9.17) is 22.8 Å². The first-order valence-electron chi connectivity index (χ1n) is 6.84. The molecule has 0 aliphatic carbocycles. The van der Waals surface area contributed by atoms with Crippen molar-refractivity contribution in [1.29, 1.82) is 0 Å². The summed E-state index contributed by atoms with van der Waals surface area (Å²) in [6.45, 7) is 8.23. The molecule has 1 aliphatic rings. The highest BCUT2D eigenvalue weighted by Gasteiger charge is 2.40. The van der Waals surface area contributed by atoms with Crippen LogP contribution in [-0.2, 0) is 27.5 Å². The summed E-state index contributed by atoms with van der Waals surface area (Å²) in [4.78, 5) is 11.6. The Kier molecular flexibility index (Phi) is 7.55. The maximum Gasteiger partial charge on any atom is 0.501 e. The maximum atomic E-state index is 11.6. The van der Waals surface area contributed by atoms with Crippen molar-refractivity contribution >= 4 is 14.8 Å². The second-order valence-corrected chi connectivity index (χ2v) is 6.85. The van der Waals surface area contributed by atoms with Crippen LogP contribution in [0.3, 0.4) is 0 Å². The van der Waals surface area contributed by atoms with Gasteiger partial charge in [-0.05, 0) is 20.8 Å². The third kappa shape index (κ3) is 6.48. The molecule has 0 radical (unpaired) electrons. The van der Waals surface area contributed by atoms with Crippen molar-refractivity contribution in [1.82, 2.24) is 0 Å². The van der Waals surface area contributed by atoms with E-state index in [1.807, 2.05) is 20.8 Å². The highest BCUT2D eigenvalue weighted by atomic mass is 28.4. The third-order valence-corrected chi connectivity index (χ3v) is 5.61. The van der Waals surface area contributed by atoms with Gasteiger partial charge >= 0.3 is 14.8 Å². The van der Waals surface area contributed by atoms with Crippen LogP contribution < -0.4 is 0 Å². The molecule has 0 aromatic heterocycles. The van der Waals surface area contributed by atoms with Crippen LogP contribution in [0.25, 0.3) is 0 Å². The molecule has 1 fully saturated rings. The van der Waals surface area contributed by atoms with Crippen LogP contribution in [0.5, 0.6) is 0 Å². The normalized spacial score (nSPS) is 18.4. The molecule has 19 heavy (non-hydrogen) atoms. The number of rotatable bonds is 11. The zero-order chi connectivity index (χ0) is 14.1. The van der Waals surface area contributed by atoms with Crippen LogP contribution in [0.1, 0.15) is 27.2 Å². The van der Waals surface area contributed by atoms with Gasteiger partial charge in [-0.1, -0.05) is 0 Å². The van der Waals surface area contributed by atoms with Gasteiger partial charge in [-0.15, -0.1) is 0 Å². The van der Waals surface area contributed by atoms with Crippen molar-refractivity contribution in [2.45, 2.75) is 39.3 Å². The summed E-state index contributed by atoms with van der Waals surface area (Å²) >= 11 is 0. The lowest BCUT2D eigenvalue weighted by atomic mass is 10.5. The van der Waals surface area contributed by atoms with E-state index in [1.54, 1.807) is 0 Å². The fourth-order valence-electron chi connectivity index (χ4n) is 1.68. The standard InChI is InChI=1S/C12H24O6Si/c1-4-16-19(17-5-2,18-6-3)8-7-12(13)15-10-11-9-14-11/h11H,4-10H2,1-3H3. The lowest BCUT2D eigenvalue weighted by Crippen LogP contribution is -2.46. The monoisotopic (exact) mass is 292 g/mol. The molecule has 0 saturated carbocycles. The molecule has 0 amide bonds. The van der Waals surface area contributed by atoms with E-state index < -0.39 is 8.80 Å². The van der Waals surface area contributed by atoms with Crippen LogP contribution in [0.4, 0.5) is 0 Å². The lowest BCUT2D eigenvalue weighted by molar-refractivity contribution is -0.144. The summed E-state index contributed by atoms with van der Waals surface area (Å²) in [7, 11) is -2.73. The molecule has 1 saturated heterocycles. The molecule has 0 N–H and O–H groups in total. The minimum atomic E-state index is -2.73. The number of hydrogen-bond acceptors (Lipinski definition) is 6. The van der Waals surface area contributed by atoms with E-state index in [-0.39, 0.29) is 18.5 Å². The first-order chi connectivity index (χ1) is 9.15. The van der Waals surface area contributed by atoms with E-state index in [0.29, 0.717) is 39.1 Å². The second-order valence-electron chi connectivity index (χ2n) is 4.12. The molecule has 1 unspecified atom stereocenters. The second kappa shape index (κ2) is 8.65. The number of esters is 1. The van der Waals surface area contributed by atoms with E-state index in [0.717, 1.165) is 0 Å². The Morgan fingerprint density at radius 1 is 1.16 bits per heavy atom. The Labute approximate surface area is 115 Å². The Morgan fingerprint density at radius 2 is 1.68 bits per heavy atom. The molecule has 0 aromatic rings. The van der Waals surface area contributed by atoms with Crippen LogP contribution in [0, 0.1) is 0 Å². The Morgan fingerprint density at radius 3 is 2.11 bits per heavy atom. The van der Waals surface area contributed by atoms with E-state index >= 15 is 0 Å². The number of epoxide rings is 1. The highest BCUT2D eigenvalue weighted by Crippen LogP contribution is 2.19. The smallest absolute Gasteiger partial charge is 0.463 e. The molecule has 1 heterocycles. The first kappa shape index (κ1) is 16.6. The topological polar surface area (TPSA) is 66.5 Å². The van der Waals surface area contributed by atoms with Crippen molar-refractivity contribution in [2.75, 3.05) is 33.0 Å². The predicted octanol–water partition coefficient (Wildman–Crippen LogP) is 1.37. The minimum Gasteiger partial charge on any atom is -0.463 e. The average molecular weight is 292 g/mol. The SMILES string of the molecule is CCO[Si](CCC(=O)OCC1CO1)(OCC)OCC. The highest BCUT2D eigenvalue weighted by molar-refractivity contribution is 6.60. The van der Waals surface area contributed by atoms with Gasteiger partial charge in [0.1, 0.15) is 12.7 Å². The van der Waals surface area contributed by atoms with Gasteiger partial charge in [0.2, 0.25) is 0 Å². The fraction of sp³-hybridized carbons (Fsp3) is 0.917. The van der Waals surface area contributed by atoms with Gasteiger partial charge in [0.25, 0.3) is 0 Å². The predicted molar refractivity (Wildman–Crippen MR) is 70.8 cm³/mol. The van der Waals surface area contributed by atoms with Gasteiger partial charge in [0.15, 0.2) is 0 Å². The summed E-state index contributed by atoms with van der Waals surface area (Å²) in [6.07, 6.45) is 0.343. The van der Waals surface area contributed by atoms with Crippen LogP contribution in [0.2, 0.25) is 6.04 Å². The van der Waals surface area contributed by atoms with Crippen LogP contribution >= 0.6 is 0 Å². The van der Waals surface area contributed by atoms with Gasteiger partial charge in [-0.2, -0.15) is 0 Å². The maximum absolute atomic E-state index is 11.6. The molecular formula is C12H24O6Si. The van der Waals surface area contributed by atoms with Crippen LogP contribution in [0.15, 0.2) is 0 Å². The summed E-state index contributed by atoms with van der Waals surface area (Å²) in [5.41, 5.74) is 0.